The number of aryl methyl sites for hydroxylation is 1. The molecule has 11 nitrogen and oxygen atoms in total. The van der Waals surface area contributed by atoms with E-state index in [9.17, 15) is 26.3 Å². The highest BCUT2D eigenvalue weighted by Gasteiger charge is 2.38. The number of hydrogen-bond donors (Lipinski definition) is 2. The lowest BCUT2D eigenvalue weighted by Gasteiger charge is -2.13. The number of carbonyl (C=O) groups is 2. The number of halogens is 6. The van der Waals surface area contributed by atoms with Crippen molar-refractivity contribution in [3.63, 3.8) is 0 Å². The monoisotopic (exact) mass is 587 g/mol. The molecular weight excluding hydrogens is 564 g/mol. The summed E-state index contributed by atoms with van der Waals surface area (Å²) in [5.41, 5.74) is 4.40. The van der Waals surface area contributed by atoms with E-state index in [1.54, 1.807) is 0 Å². The van der Waals surface area contributed by atoms with Crippen LogP contribution in [0.5, 0.6) is 0 Å². The number of aromatic nitrogens is 6. The molecule has 1 atom stereocenters. The summed E-state index contributed by atoms with van der Waals surface area (Å²) >= 11 is 0. The SMILES string of the molecule is Cn1cc(CN2CCC(c3nc4ccc(-c5ccncc5)cn4n3)C2)cn1.O=C(O)C(F)(F)F.O=C(O)C(F)(F)F. The smallest absolute Gasteiger partial charge is 0.475 e. The third-order valence-corrected chi connectivity index (χ3v) is 5.65. The molecule has 4 aromatic rings. The maximum Gasteiger partial charge on any atom is 0.490 e. The lowest BCUT2D eigenvalue weighted by atomic mass is 10.1. The molecule has 0 radical (unpaired) electrons. The highest BCUT2D eigenvalue weighted by Crippen LogP contribution is 2.27. The van der Waals surface area contributed by atoms with Gasteiger partial charge < -0.3 is 10.2 Å². The van der Waals surface area contributed by atoms with E-state index < -0.39 is 24.3 Å². The molecule has 1 unspecified atom stereocenters. The van der Waals surface area contributed by atoms with E-state index >= 15 is 0 Å². The number of carboxylic acid groups (broad SMARTS) is 2. The zero-order valence-electron chi connectivity index (χ0n) is 21.2. The predicted molar refractivity (Wildman–Crippen MR) is 129 cm³/mol. The molecule has 17 heteroatoms. The number of alkyl halides is 6. The third kappa shape index (κ3) is 8.99. The Morgan fingerprint density at radius 1 is 0.951 bits per heavy atom. The fourth-order valence-electron chi connectivity index (χ4n) is 3.79. The molecule has 2 N–H and O–H groups in total. The van der Waals surface area contributed by atoms with Crippen LogP contribution in [0.25, 0.3) is 16.8 Å². The van der Waals surface area contributed by atoms with Crippen LogP contribution in [0, 0.1) is 0 Å². The molecule has 5 heterocycles. The summed E-state index contributed by atoms with van der Waals surface area (Å²) in [4.78, 5) is 29.1. The maximum atomic E-state index is 10.6. The first-order valence-corrected chi connectivity index (χ1v) is 11.7. The van der Waals surface area contributed by atoms with Gasteiger partial charge in [0, 0.05) is 62.0 Å². The molecule has 0 aromatic carbocycles. The summed E-state index contributed by atoms with van der Waals surface area (Å²) < 4.78 is 67.2. The Kier molecular flexibility index (Phi) is 9.64. The van der Waals surface area contributed by atoms with Crippen LogP contribution >= 0.6 is 0 Å². The number of hydrogen-bond acceptors (Lipinski definition) is 7. The Balaban J connectivity index is 0.000000276. The van der Waals surface area contributed by atoms with Gasteiger partial charge in [-0.3, -0.25) is 14.6 Å². The van der Waals surface area contributed by atoms with Gasteiger partial charge in [0.25, 0.3) is 0 Å². The van der Waals surface area contributed by atoms with Gasteiger partial charge in [0.2, 0.25) is 0 Å². The quantitative estimate of drug-likeness (QED) is 0.342. The van der Waals surface area contributed by atoms with Crippen LogP contribution in [-0.2, 0) is 23.2 Å². The van der Waals surface area contributed by atoms with Gasteiger partial charge in [0.05, 0.1) is 6.20 Å². The zero-order valence-corrected chi connectivity index (χ0v) is 21.2. The van der Waals surface area contributed by atoms with Gasteiger partial charge in [0.1, 0.15) is 0 Å². The summed E-state index contributed by atoms with van der Waals surface area (Å²) in [5.74, 6) is -4.19. The highest BCUT2D eigenvalue weighted by atomic mass is 19.4. The van der Waals surface area contributed by atoms with Crippen molar-refractivity contribution in [3.05, 3.63) is 66.6 Å². The molecule has 5 rings (SSSR count). The standard InChI is InChI=1S/C20H21N7.2C2HF3O2/c1-25-11-15(10-22-25)12-26-9-6-18(13-26)20-23-19-3-2-17(14-27(19)24-20)16-4-7-21-8-5-16;2*3-2(4,5)1(6)7/h2-5,7-8,10-11,14,18H,6,9,12-13H2,1H3;2*(H,6,7). The van der Waals surface area contributed by atoms with Gasteiger partial charge in [-0.15, -0.1) is 0 Å². The molecule has 0 saturated carbocycles. The Bertz CT molecular complexity index is 1450. The minimum atomic E-state index is -5.08. The van der Waals surface area contributed by atoms with Crippen LogP contribution in [0.4, 0.5) is 26.3 Å². The van der Waals surface area contributed by atoms with E-state index in [-0.39, 0.29) is 0 Å². The molecule has 1 aliphatic heterocycles. The number of rotatable bonds is 4. The number of likely N-dealkylation sites (tertiary alicyclic amines) is 1. The fourth-order valence-corrected chi connectivity index (χ4v) is 3.79. The first kappa shape index (κ1) is 31.0. The normalized spacial score (nSPS) is 15.5. The summed E-state index contributed by atoms with van der Waals surface area (Å²) in [7, 11) is 1.96. The second kappa shape index (κ2) is 12.8. The van der Waals surface area contributed by atoms with Gasteiger partial charge in [0.15, 0.2) is 11.5 Å². The zero-order chi connectivity index (χ0) is 30.4. The van der Waals surface area contributed by atoms with Gasteiger partial charge in [-0.05, 0) is 42.8 Å². The number of nitrogens with zero attached hydrogens (tertiary/aromatic N) is 7. The number of carboxylic acids is 2. The Hall–Kier alpha value is -4.54. The largest absolute Gasteiger partial charge is 0.490 e. The molecule has 220 valence electrons. The lowest BCUT2D eigenvalue weighted by molar-refractivity contribution is -0.193. The molecule has 0 aliphatic carbocycles. The van der Waals surface area contributed by atoms with E-state index in [1.165, 1.54) is 5.56 Å². The average Bonchev–Trinajstić information content (AvgIpc) is 3.63. The fraction of sp³-hybridized carbons (Fsp3) is 0.333. The number of aliphatic carboxylic acids is 2. The maximum absolute atomic E-state index is 10.6. The second-order valence-electron chi connectivity index (χ2n) is 8.78. The van der Waals surface area contributed by atoms with Crippen molar-refractivity contribution in [1.82, 2.24) is 34.3 Å². The molecule has 41 heavy (non-hydrogen) atoms. The second-order valence-corrected chi connectivity index (χ2v) is 8.78. The van der Waals surface area contributed by atoms with Crippen molar-refractivity contribution in [2.24, 2.45) is 7.05 Å². The Morgan fingerprint density at radius 2 is 1.56 bits per heavy atom. The highest BCUT2D eigenvalue weighted by molar-refractivity contribution is 5.73. The van der Waals surface area contributed by atoms with E-state index in [4.69, 9.17) is 29.9 Å². The minimum Gasteiger partial charge on any atom is -0.475 e. The van der Waals surface area contributed by atoms with Crippen molar-refractivity contribution < 1.29 is 46.1 Å². The van der Waals surface area contributed by atoms with Crippen LogP contribution in [0.2, 0.25) is 0 Å². The molecular formula is C24H23F6N7O4. The van der Waals surface area contributed by atoms with Crippen LogP contribution in [0.1, 0.15) is 23.7 Å². The summed E-state index contributed by atoms with van der Waals surface area (Å²) in [6.07, 6.45) is 0.607. The van der Waals surface area contributed by atoms with E-state index in [2.05, 4.69) is 27.2 Å². The molecule has 1 fully saturated rings. The molecule has 1 aliphatic rings. The lowest BCUT2D eigenvalue weighted by Crippen LogP contribution is -2.21. The van der Waals surface area contributed by atoms with Gasteiger partial charge in [-0.25, -0.2) is 19.1 Å². The predicted octanol–water partition coefficient (Wildman–Crippen LogP) is 3.78. The van der Waals surface area contributed by atoms with E-state index in [0.29, 0.717) is 5.92 Å². The van der Waals surface area contributed by atoms with Crippen molar-refractivity contribution in [2.45, 2.75) is 31.2 Å². The molecule has 0 spiro atoms. The topological polar surface area (TPSA) is 139 Å². The molecule has 0 amide bonds. The first-order chi connectivity index (χ1) is 19.1. The summed E-state index contributed by atoms with van der Waals surface area (Å²) in [6.45, 7) is 2.99. The van der Waals surface area contributed by atoms with Crippen molar-refractivity contribution in [3.8, 4) is 11.1 Å². The number of fused-ring (bicyclic) bond motifs is 1. The van der Waals surface area contributed by atoms with Gasteiger partial charge in [-0.2, -0.15) is 36.5 Å². The van der Waals surface area contributed by atoms with Crippen LogP contribution in [-0.4, -0.2) is 81.9 Å². The van der Waals surface area contributed by atoms with Crippen LogP contribution < -0.4 is 0 Å². The third-order valence-electron chi connectivity index (χ3n) is 5.65. The Morgan fingerprint density at radius 3 is 2.10 bits per heavy atom. The van der Waals surface area contributed by atoms with Crippen molar-refractivity contribution in [1.29, 1.82) is 0 Å². The molecule has 0 bridgehead atoms. The van der Waals surface area contributed by atoms with Gasteiger partial charge in [-0.1, -0.05) is 0 Å². The van der Waals surface area contributed by atoms with E-state index in [1.807, 2.05) is 59.2 Å². The summed E-state index contributed by atoms with van der Waals surface area (Å²) in [6, 6.07) is 8.14. The Labute approximate surface area is 227 Å². The van der Waals surface area contributed by atoms with Crippen molar-refractivity contribution >= 4 is 17.6 Å². The number of pyridine rings is 2. The summed E-state index contributed by atoms with van der Waals surface area (Å²) in [5, 5.41) is 23.3. The average molecular weight is 587 g/mol. The van der Waals surface area contributed by atoms with Crippen molar-refractivity contribution in [2.75, 3.05) is 13.1 Å². The van der Waals surface area contributed by atoms with E-state index in [0.717, 1.165) is 48.7 Å². The minimum absolute atomic E-state index is 0.381. The van der Waals surface area contributed by atoms with Crippen LogP contribution in [0.3, 0.4) is 0 Å². The molecule has 4 aromatic heterocycles. The van der Waals surface area contributed by atoms with Crippen LogP contribution in [0.15, 0.2) is 55.2 Å². The van der Waals surface area contributed by atoms with Gasteiger partial charge >= 0.3 is 24.3 Å². The molecule has 1 saturated heterocycles. The first-order valence-electron chi connectivity index (χ1n) is 11.7.